The van der Waals surface area contributed by atoms with Crippen molar-refractivity contribution in [3.8, 4) is 0 Å². The number of benzene rings is 1. The second-order valence-electron chi connectivity index (χ2n) is 8.17. The van der Waals surface area contributed by atoms with Crippen molar-refractivity contribution in [1.82, 2.24) is 19.9 Å². The molecule has 1 amide bonds. The van der Waals surface area contributed by atoms with Gasteiger partial charge in [-0.3, -0.25) is 4.79 Å². The number of hydrogen-bond acceptors (Lipinski definition) is 3. The molecular formula is C23H26N4O. The van der Waals surface area contributed by atoms with Gasteiger partial charge in [0.25, 0.3) is 5.91 Å². The topological polar surface area (TPSA) is 61.9 Å². The quantitative estimate of drug-likeness (QED) is 0.732. The van der Waals surface area contributed by atoms with Gasteiger partial charge in [-0.25, -0.2) is 9.97 Å². The lowest BCUT2D eigenvalue weighted by molar-refractivity contribution is 0.0714. The van der Waals surface area contributed by atoms with Crippen LogP contribution in [0.1, 0.15) is 64.5 Å². The lowest BCUT2D eigenvalue weighted by Crippen LogP contribution is -2.38. The summed E-state index contributed by atoms with van der Waals surface area (Å²) in [4.78, 5) is 27.5. The number of nitrogens with zero attached hydrogens (tertiary/aromatic N) is 3. The third-order valence-corrected chi connectivity index (χ3v) is 6.47. The monoisotopic (exact) mass is 374 g/mol. The standard InChI is InChI=1S/C23H26N4O/c1-15-13-24-14-25-21(15)16-9-11-27(12-10-16)23(28)19-7-4-6-18-17-5-2-3-8-20(17)26-22(18)19/h4,6-7,13-14,16,26H,2-3,5,8-12H2,1H3. The summed E-state index contributed by atoms with van der Waals surface area (Å²) in [5.41, 5.74) is 6.90. The van der Waals surface area contributed by atoms with Gasteiger partial charge in [0, 0.05) is 42.0 Å². The van der Waals surface area contributed by atoms with E-state index in [0.717, 1.165) is 61.1 Å². The van der Waals surface area contributed by atoms with E-state index >= 15 is 0 Å². The number of H-pyrrole nitrogens is 1. The largest absolute Gasteiger partial charge is 0.358 e. The number of likely N-dealkylation sites (tertiary alicyclic amines) is 1. The Balaban J connectivity index is 1.38. The smallest absolute Gasteiger partial charge is 0.255 e. The summed E-state index contributed by atoms with van der Waals surface area (Å²) in [6, 6.07) is 6.18. The minimum atomic E-state index is 0.155. The molecule has 5 rings (SSSR count). The number of hydrogen-bond donors (Lipinski definition) is 1. The number of carbonyl (C=O) groups excluding carboxylic acids is 1. The second-order valence-corrected chi connectivity index (χ2v) is 8.17. The predicted octanol–water partition coefficient (Wildman–Crippen LogP) is 4.16. The summed E-state index contributed by atoms with van der Waals surface area (Å²) in [6.07, 6.45) is 10.1. The van der Waals surface area contributed by atoms with Crippen LogP contribution in [0, 0.1) is 6.92 Å². The molecule has 0 spiro atoms. The normalized spacial score (nSPS) is 17.7. The summed E-state index contributed by atoms with van der Waals surface area (Å²) < 4.78 is 0. The molecule has 3 heterocycles. The van der Waals surface area contributed by atoms with Crippen molar-refractivity contribution in [2.45, 2.75) is 51.4 Å². The minimum Gasteiger partial charge on any atom is -0.358 e. The van der Waals surface area contributed by atoms with E-state index in [2.05, 4.69) is 27.9 Å². The Morgan fingerprint density at radius 2 is 2.00 bits per heavy atom. The van der Waals surface area contributed by atoms with E-state index in [1.54, 1.807) is 6.33 Å². The van der Waals surface area contributed by atoms with Crippen LogP contribution < -0.4 is 0 Å². The Kier molecular flexibility index (Phi) is 4.38. The van der Waals surface area contributed by atoms with E-state index in [-0.39, 0.29) is 5.91 Å². The van der Waals surface area contributed by atoms with Crippen molar-refractivity contribution in [3.05, 3.63) is 58.8 Å². The van der Waals surface area contributed by atoms with Crippen molar-refractivity contribution in [3.63, 3.8) is 0 Å². The fraction of sp³-hybridized carbons (Fsp3) is 0.435. The molecule has 1 aliphatic carbocycles. The van der Waals surface area contributed by atoms with Crippen LogP contribution in [0.4, 0.5) is 0 Å². The van der Waals surface area contributed by atoms with Crippen molar-refractivity contribution in [2.75, 3.05) is 13.1 Å². The lowest BCUT2D eigenvalue weighted by Gasteiger charge is -2.32. The van der Waals surface area contributed by atoms with Crippen LogP contribution in [0.3, 0.4) is 0 Å². The van der Waals surface area contributed by atoms with Crippen LogP contribution in [0.15, 0.2) is 30.7 Å². The lowest BCUT2D eigenvalue weighted by atomic mass is 9.91. The van der Waals surface area contributed by atoms with Gasteiger partial charge < -0.3 is 9.88 Å². The van der Waals surface area contributed by atoms with Crippen molar-refractivity contribution < 1.29 is 4.79 Å². The number of aromatic nitrogens is 3. The molecule has 0 atom stereocenters. The van der Waals surface area contributed by atoms with Gasteiger partial charge in [0.15, 0.2) is 0 Å². The highest BCUT2D eigenvalue weighted by Gasteiger charge is 2.28. The molecule has 0 unspecified atom stereocenters. The number of piperidine rings is 1. The number of carbonyl (C=O) groups is 1. The van der Waals surface area contributed by atoms with E-state index in [1.807, 2.05) is 23.2 Å². The first-order valence-corrected chi connectivity index (χ1v) is 10.4. The van der Waals surface area contributed by atoms with E-state index in [4.69, 9.17) is 0 Å². The maximum absolute atomic E-state index is 13.3. The molecule has 144 valence electrons. The fourth-order valence-electron chi connectivity index (χ4n) is 4.97. The number of fused-ring (bicyclic) bond motifs is 3. The Morgan fingerprint density at radius 1 is 1.18 bits per heavy atom. The zero-order valence-corrected chi connectivity index (χ0v) is 16.4. The molecule has 0 bridgehead atoms. The highest BCUT2D eigenvalue weighted by Crippen LogP contribution is 2.33. The zero-order valence-electron chi connectivity index (χ0n) is 16.4. The maximum atomic E-state index is 13.3. The number of rotatable bonds is 2. The van der Waals surface area contributed by atoms with Gasteiger partial charge >= 0.3 is 0 Å². The molecule has 3 aromatic rings. The first-order valence-electron chi connectivity index (χ1n) is 10.4. The van der Waals surface area contributed by atoms with Gasteiger partial charge in [-0.15, -0.1) is 0 Å². The number of aryl methyl sites for hydroxylation is 3. The van der Waals surface area contributed by atoms with Gasteiger partial charge in [-0.2, -0.15) is 0 Å². The van der Waals surface area contributed by atoms with Gasteiger partial charge in [0.2, 0.25) is 0 Å². The second kappa shape index (κ2) is 7.04. The van der Waals surface area contributed by atoms with Crippen LogP contribution in [-0.4, -0.2) is 38.8 Å². The Morgan fingerprint density at radius 3 is 2.82 bits per heavy atom. The fourth-order valence-corrected chi connectivity index (χ4v) is 4.97. The van der Waals surface area contributed by atoms with Crippen LogP contribution >= 0.6 is 0 Å². The summed E-state index contributed by atoms with van der Waals surface area (Å²) in [5, 5.41) is 1.24. The van der Waals surface area contributed by atoms with Gasteiger partial charge in [0.05, 0.1) is 11.1 Å². The molecular weight excluding hydrogens is 348 g/mol. The molecule has 1 saturated heterocycles. The Bertz CT molecular complexity index is 1030. The van der Waals surface area contributed by atoms with Gasteiger partial charge in [0.1, 0.15) is 6.33 Å². The average Bonchev–Trinajstić information content (AvgIpc) is 3.13. The highest BCUT2D eigenvalue weighted by molar-refractivity contribution is 6.06. The Labute approximate surface area is 165 Å². The van der Waals surface area contributed by atoms with E-state index in [9.17, 15) is 4.79 Å². The van der Waals surface area contributed by atoms with Crippen molar-refractivity contribution in [1.29, 1.82) is 0 Å². The average molecular weight is 374 g/mol. The summed E-state index contributed by atoms with van der Waals surface area (Å²) in [6.45, 7) is 3.63. The molecule has 1 aromatic carbocycles. The molecule has 1 aliphatic heterocycles. The molecule has 5 heteroatoms. The summed E-state index contributed by atoms with van der Waals surface area (Å²) >= 11 is 0. The third-order valence-electron chi connectivity index (χ3n) is 6.47. The number of para-hydroxylation sites is 1. The number of nitrogens with one attached hydrogen (secondary N) is 1. The SMILES string of the molecule is Cc1cncnc1C1CCN(C(=O)c2cccc3c4c([nH]c23)CCCC4)CC1. The molecule has 5 nitrogen and oxygen atoms in total. The maximum Gasteiger partial charge on any atom is 0.255 e. The van der Waals surface area contributed by atoms with Crippen molar-refractivity contribution >= 4 is 16.8 Å². The first-order chi connectivity index (χ1) is 13.7. The predicted molar refractivity (Wildman–Crippen MR) is 110 cm³/mol. The van der Waals surface area contributed by atoms with E-state index < -0.39 is 0 Å². The van der Waals surface area contributed by atoms with Crippen LogP contribution in [-0.2, 0) is 12.8 Å². The molecule has 0 saturated carbocycles. The zero-order chi connectivity index (χ0) is 19.1. The van der Waals surface area contributed by atoms with E-state index in [0.29, 0.717) is 5.92 Å². The van der Waals surface area contributed by atoms with Crippen LogP contribution in [0.5, 0.6) is 0 Å². The minimum absolute atomic E-state index is 0.155. The van der Waals surface area contributed by atoms with Crippen molar-refractivity contribution in [2.24, 2.45) is 0 Å². The molecule has 2 aromatic heterocycles. The molecule has 2 aliphatic rings. The van der Waals surface area contributed by atoms with Crippen LogP contribution in [0.25, 0.3) is 10.9 Å². The molecule has 28 heavy (non-hydrogen) atoms. The molecule has 1 N–H and O–H groups in total. The summed E-state index contributed by atoms with van der Waals surface area (Å²) in [7, 11) is 0. The van der Waals surface area contributed by atoms with E-state index in [1.165, 1.54) is 29.5 Å². The third kappa shape index (κ3) is 2.89. The highest BCUT2D eigenvalue weighted by atomic mass is 16.2. The number of aromatic amines is 1. The first kappa shape index (κ1) is 17.4. The number of amides is 1. The molecule has 1 fully saturated rings. The van der Waals surface area contributed by atoms with Crippen LogP contribution in [0.2, 0.25) is 0 Å². The van der Waals surface area contributed by atoms with Gasteiger partial charge in [-0.1, -0.05) is 12.1 Å². The Hall–Kier alpha value is -2.69. The molecule has 0 radical (unpaired) electrons. The summed E-state index contributed by atoms with van der Waals surface area (Å²) in [5.74, 6) is 0.572. The van der Waals surface area contributed by atoms with Gasteiger partial charge in [-0.05, 0) is 62.6 Å².